The summed E-state index contributed by atoms with van der Waals surface area (Å²) in [6, 6.07) is 4.73. The summed E-state index contributed by atoms with van der Waals surface area (Å²) >= 11 is 0. The standard InChI is InChI=1S/C19H26N2O3/c1-12(2)7-9-21(10-8-13(3)4)19(24)14-5-6-15-16(11-14)18(23)20-17(15)22/h5-6,11-13H,7-10H2,1-4H3,(H,20,22,23). The van der Waals surface area contributed by atoms with Crippen LogP contribution in [0.2, 0.25) is 0 Å². The Balaban J connectivity index is 2.20. The number of rotatable bonds is 7. The van der Waals surface area contributed by atoms with Gasteiger partial charge in [-0.1, -0.05) is 27.7 Å². The van der Waals surface area contributed by atoms with Crippen LogP contribution in [0.5, 0.6) is 0 Å². The molecule has 0 atom stereocenters. The van der Waals surface area contributed by atoms with Gasteiger partial charge in [0.25, 0.3) is 17.7 Å². The summed E-state index contributed by atoms with van der Waals surface area (Å²) in [6.07, 6.45) is 1.88. The van der Waals surface area contributed by atoms with Gasteiger partial charge in [0.15, 0.2) is 0 Å². The Morgan fingerprint density at radius 2 is 1.50 bits per heavy atom. The molecule has 1 aliphatic rings. The van der Waals surface area contributed by atoms with Crippen molar-refractivity contribution in [1.82, 2.24) is 10.2 Å². The Morgan fingerprint density at radius 3 is 2.04 bits per heavy atom. The van der Waals surface area contributed by atoms with Gasteiger partial charge in [-0.3, -0.25) is 19.7 Å². The number of hydrogen-bond acceptors (Lipinski definition) is 3. The van der Waals surface area contributed by atoms with Crippen LogP contribution in [0.3, 0.4) is 0 Å². The number of carbonyl (C=O) groups is 3. The second-order valence-corrected chi connectivity index (χ2v) is 7.20. The summed E-state index contributed by atoms with van der Waals surface area (Å²) in [5, 5.41) is 2.26. The van der Waals surface area contributed by atoms with E-state index in [9.17, 15) is 14.4 Å². The van der Waals surface area contributed by atoms with Crippen LogP contribution in [-0.4, -0.2) is 35.7 Å². The summed E-state index contributed by atoms with van der Waals surface area (Å²) in [4.78, 5) is 38.1. The molecule has 1 heterocycles. The van der Waals surface area contributed by atoms with E-state index in [0.717, 1.165) is 12.8 Å². The maximum atomic E-state index is 12.9. The molecule has 0 saturated carbocycles. The van der Waals surface area contributed by atoms with Crippen LogP contribution in [-0.2, 0) is 0 Å². The lowest BCUT2D eigenvalue weighted by Crippen LogP contribution is -2.34. The van der Waals surface area contributed by atoms with Gasteiger partial charge < -0.3 is 4.90 Å². The lowest BCUT2D eigenvalue weighted by Gasteiger charge is -2.24. The van der Waals surface area contributed by atoms with Crippen LogP contribution >= 0.6 is 0 Å². The lowest BCUT2D eigenvalue weighted by atomic mass is 10.0. The van der Waals surface area contributed by atoms with Gasteiger partial charge in [0.1, 0.15) is 0 Å². The second kappa shape index (κ2) is 7.60. The van der Waals surface area contributed by atoms with Crippen LogP contribution in [0.25, 0.3) is 0 Å². The SMILES string of the molecule is CC(C)CCN(CCC(C)C)C(=O)c1ccc2c(c1)C(=O)NC2=O. The Kier molecular flexibility index (Phi) is 5.75. The molecular formula is C19H26N2O3. The van der Waals surface area contributed by atoms with Gasteiger partial charge in [0.2, 0.25) is 0 Å². The average molecular weight is 330 g/mol. The molecule has 0 bridgehead atoms. The van der Waals surface area contributed by atoms with E-state index in [0.29, 0.717) is 41.6 Å². The highest BCUT2D eigenvalue weighted by Gasteiger charge is 2.28. The third-order valence-corrected chi connectivity index (χ3v) is 4.22. The minimum absolute atomic E-state index is 0.0775. The average Bonchev–Trinajstić information content (AvgIpc) is 2.80. The molecule has 1 aromatic rings. The summed E-state index contributed by atoms with van der Waals surface area (Å²) in [5.74, 6) is 0.128. The van der Waals surface area contributed by atoms with E-state index in [-0.39, 0.29) is 5.91 Å². The normalized spacial score (nSPS) is 13.4. The number of imide groups is 1. The summed E-state index contributed by atoms with van der Waals surface area (Å²) in [6.45, 7) is 9.94. The molecule has 0 radical (unpaired) electrons. The number of nitrogens with zero attached hydrogens (tertiary/aromatic N) is 1. The van der Waals surface area contributed by atoms with Crippen molar-refractivity contribution in [3.63, 3.8) is 0 Å². The van der Waals surface area contributed by atoms with Crippen molar-refractivity contribution in [2.45, 2.75) is 40.5 Å². The molecular weight excluding hydrogens is 304 g/mol. The fourth-order valence-corrected chi connectivity index (χ4v) is 2.63. The molecule has 24 heavy (non-hydrogen) atoms. The first-order valence-corrected chi connectivity index (χ1v) is 8.58. The van der Waals surface area contributed by atoms with Gasteiger partial charge in [0, 0.05) is 18.7 Å². The number of nitrogens with one attached hydrogen (secondary N) is 1. The van der Waals surface area contributed by atoms with Crippen LogP contribution < -0.4 is 5.32 Å². The molecule has 5 nitrogen and oxygen atoms in total. The van der Waals surface area contributed by atoms with E-state index in [1.165, 1.54) is 6.07 Å². The van der Waals surface area contributed by atoms with Gasteiger partial charge in [-0.25, -0.2) is 0 Å². The number of hydrogen-bond donors (Lipinski definition) is 1. The van der Waals surface area contributed by atoms with Gasteiger partial charge >= 0.3 is 0 Å². The molecule has 0 unspecified atom stereocenters. The van der Waals surface area contributed by atoms with Crippen molar-refractivity contribution < 1.29 is 14.4 Å². The van der Waals surface area contributed by atoms with Gasteiger partial charge in [-0.15, -0.1) is 0 Å². The van der Waals surface area contributed by atoms with Crippen molar-refractivity contribution in [2.24, 2.45) is 11.8 Å². The van der Waals surface area contributed by atoms with Crippen LogP contribution in [0.1, 0.15) is 71.6 Å². The highest BCUT2D eigenvalue weighted by molar-refractivity contribution is 6.22. The Labute approximate surface area is 143 Å². The van der Waals surface area contributed by atoms with E-state index >= 15 is 0 Å². The summed E-state index contributed by atoms with van der Waals surface area (Å²) < 4.78 is 0. The Hall–Kier alpha value is -2.17. The monoisotopic (exact) mass is 330 g/mol. The molecule has 1 aromatic carbocycles. The molecule has 130 valence electrons. The van der Waals surface area contributed by atoms with Gasteiger partial charge in [0.05, 0.1) is 11.1 Å². The molecule has 0 saturated heterocycles. The number of carbonyl (C=O) groups excluding carboxylic acids is 3. The first-order chi connectivity index (χ1) is 11.3. The molecule has 5 heteroatoms. The zero-order valence-corrected chi connectivity index (χ0v) is 14.9. The van der Waals surface area contributed by atoms with E-state index in [1.54, 1.807) is 12.1 Å². The quantitative estimate of drug-likeness (QED) is 0.781. The van der Waals surface area contributed by atoms with Crippen molar-refractivity contribution in [1.29, 1.82) is 0 Å². The molecule has 0 spiro atoms. The third kappa shape index (κ3) is 4.22. The molecule has 1 N–H and O–H groups in total. The number of benzene rings is 1. The molecule has 2 rings (SSSR count). The van der Waals surface area contributed by atoms with E-state index in [1.807, 2.05) is 4.90 Å². The fourth-order valence-electron chi connectivity index (χ4n) is 2.63. The van der Waals surface area contributed by atoms with Gasteiger partial charge in [-0.05, 0) is 42.9 Å². The smallest absolute Gasteiger partial charge is 0.258 e. The second-order valence-electron chi connectivity index (χ2n) is 7.20. The highest BCUT2D eigenvalue weighted by atomic mass is 16.2. The molecule has 0 aliphatic carbocycles. The third-order valence-electron chi connectivity index (χ3n) is 4.22. The first kappa shape index (κ1) is 18.2. The van der Waals surface area contributed by atoms with Crippen molar-refractivity contribution in [2.75, 3.05) is 13.1 Å². The highest BCUT2D eigenvalue weighted by Crippen LogP contribution is 2.19. The molecule has 3 amide bonds. The summed E-state index contributed by atoms with van der Waals surface area (Å²) in [7, 11) is 0. The number of amides is 3. The molecule has 0 fully saturated rings. The first-order valence-electron chi connectivity index (χ1n) is 8.58. The van der Waals surface area contributed by atoms with Crippen LogP contribution in [0.15, 0.2) is 18.2 Å². The van der Waals surface area contributed by atoms with Crippen molar-refractivity contribution in [3.8, 4) is 0 Å². The number of fused-ring (bicyclic) bond motifs is 1. The van der Waals surface area contributed by atoms with Gasteiger partial charge in [-0.2, -0.15) is 0 Å². The predicted octanol–water partition coefficient (Wildman–Crippen LogP) is 3.10. The predicted molar refractivity (Wildman–Crippen MR) is 93.1 cm³/mol. The largest absolute Gasteiger partial charge is 0.339 e. The topological polar surface area (TPSA) is 66.5 Å². The van der Waals surface area contributed by atoms with E-state index in [2.05, 4.69) is 33.0 Å². The van der Waals surface area contributed by atoms with Crippen molar-refractivity contribution >= 4 is 17.7 Å². The lowest BCUT2D eigenvalue weighted by molar-refractivity contribution is 0.0740. The molecule has 0 aromatic heterocycles. The maximum Gasteiger partial charge on any atom is 0.258 e. The van der Waals surface area contributed by atoms with E-state index in [4.69, 9.17) is 0 Å². The molecule has 1 aliphatic heterocycles. The Morgan fingerprint density at radius 1 is 0.958 bits per heavy atom. The zero-order chi connectivity index (χ0) is 17.9. The van der Waals surface area contributed by atoms with Crippen molar-refractivity contribution in [3.05, 3.63) is 34.9 Å². The van der Waals surface area contributed by atoms with Crippen LogP contribution in [0, 0.1) is 11.8 Å². The maximum absolute atomic E-state index is 12.9. The summed E-state index contributed by atoms with van der Waals surface area (Å²) in [5.41, 5.74) is 1.09. The Bertz CT molecular complexity index is 638. The minimum atomic E-state index is -0.430. The van der Waals surface area contributed by atoms with Crippen LogP contribution in [0.4, 0.5) is 0 Å². The zero-order valence-electron chi connectivity index (χ0n) is 14.9. The fraction of sp³-hybridized carbons (Fsp3) is 0.526. The minimum Gasteiger partial charge on any atom is -0.339 e. The van der Waals surface area contributed by atoms with E-state index < -0.39 is 11.8 Å².